The zero-order valence-corrected chi connectivity index (χ0v) is 21.5. The highest BCUT2D eigenvalue weighted by molar-refractivity contribution is 7.98. The first kappa shape index (κ1) is 27.2. The molecule has 2 heterocycles. The van der Waals surface area contributed by atoms with Crippen molar-refractivity contribution >= 4 is 23.5 Å². The summed E-state index contributed by atoms with van der Waals surface area (Å²) in [4.78, 5) is 15.0. The molecule has 0 spiro atoms. The zero-order chi connectivity index (χ0) is 24.1. The highest BCUT2D eigenvalue weighted by Crippen LogP contribution is 2.17. The number of hydrogen-bond acceptors (Lipinski definition) is 10. The summed E-state index contributed by atoms with van der Waals surface area (Å²) < 4.78 is 11.5. The van der Waals surface area contributed by atoms with Crippen LogP contribution < -0.4 is 10.6 Å². The van der Waals surface area contributed by atoms with Crippen molar-refractivity contribution in [3.8, 4) is 0 Å². The Bertz CT molecular complexity index is 867. The van der Waals surface area contributed by atoms with Crippen LogP contribution in [-0.4, -0.2) is 67.5 Å². The lowest BCUT2D eigenvalue weighted by Crippen LogP contribution is -2.25. The molecule has 0 bridgehead atoms. The molecule has 0 amide bonds. The fourth-order valence-electron chi connectivity index (χ4n) is 2.86. The molecule has 9 nitrogen and oxygen atoms in total. The van der Waals surface area contributed by atoms with E-state index in [1.807, 2.05) is 52.5 Å². The molecule has 0 atom stereocenters. The van der Waals surface area contributed by atoms with Gasteiger partial charge in [-0.25, -0.2) is 0 Å². The maximum Gasteiger partial charge on any atom is 0.331 e. The van der Waals surface area contributed by atoms with E-state index in [4.69, 9.17) is 8.83 Å². The van der Waals surface area contributed by atoms with Gasteiger partial charge in [0, 0.05) is 18.1 Å². The molecule has 0 aromatic carbocycles. The predicted molar refractivity (Wildman–Crippen MR) is 136 cm³/mol. The molecular formula is C22H35N5O4S2. The van der Waals surface area contributed by atoms with Gasteiger partial charge in [-0.3, -0.25) is 5.32 Å². The molecule has 0 fully saturated rings. The Balaban J connectivity index is 1.58. The van der Waals surface area contributed by atoms with Gasteiger partial charge in [-0.1, -0.05) is 0 Å². The largest absolute Gasteiger partial charge is 0.464 e. The molecule has 0 saturated heterocycles. The Morgan fingerprint density at radius 1 is 0.909 bits per heavy atom. The van der Waals surface area contributed by atoms with Crippen LogP contribution in [0.1, 0.15) is 23.0 Å². The van der Waals surface area contributed by atoms with Crippen molar-refractivity contribution in [2.75, 3.05) is 52.8 Å². The van der Waals surface area contributed by atoms with Crippen molar-refractivity contribution in [3.63, 3.8) is 0 Å². The van der Waals surface area contributed by atoms with E-state index >= 15 is 0 Å². The van der Waals surface area contributed by atoms with Crippen molar-refractivity contribution in [2.24, 2.45) is 0 Å². The smallest absolute Gasteiger partial charge is 0.331 e. The maximum absolute atomic E-state index is 11.2. The number of thioether (sulfide) groups is 2. The lowest BCUT2D eigenvalue weighted by atomic mass is 10.4. The molecular weight excluding hydrogens is 462 g/mol. The minimum absolute atomic E-state index is 0.0220. The molecule has 0 aliphatic heterocycles. The Hall–Kier alpha value is -2.08. The van der Waals surface area contributed by atoms with Gasteiger partial charge in [0.25, 0.3) is 0 Å². The Labute approximate surface area is 204 Å². The Morgan fingerprint density at radius 3 is 1.88 bits per heavy atom. The number of rotatable bonds is 17. The zero-order valence-electron chi connectivity index (χ0n) is 19.8. The van der Waals surface area contributed by atoms with Gasteiger partial charge in [0.1, 0.15) is 23.0 Å². The van der Waals surface area contributed by atoms with Gasteiger partial charge in [-0.05, 0) is 57.4 Å². The monoisotopic (exact) mass is 497 g/mol. The van der Waals surface area contributed by atoms with E-state index < -0.39 is 4.92 Å². The van der Waals surface area contributed by atoms with Crippen LogP contribution in [0.2, 0.25) is 0 Å². The van der Waals surface area contributed by atoms with E-state index in [-0.39, 0.29) is 5.82 Å². The Morgan fingerprint density at radius 2 is 1.39 bits per heavy atom. The molecule has 0 unspecified atom stereocenters. The van der Waals surface area contributed by atoms with Crippen LogP contribution in [0, 0.1) is 10.1 Å². The molecule has 2 rings (SSSR count). The van der Waals surface area contributed by atoms with Gasteiger partial charge < -0.3 is 34.1 Å². The molecule has 2 aromatic heterocycles. The number of nitrogens with one attached hydrogen (secondary N) is 2. The SMILES string of the molecule is CN(C)Cc1ccc(CSCCN/C=C(/NCCSCc2ccc(CN(C)C)o2)[N+](=O)[O-])o1. The number of nitrogens with zero attached hydrogens (tertiary/aromatic N) is 3. The van der Waals surface area contributed by atoms with E-state index in [1.54, 1.807) is 23.5 Å². The molecule has 0 saturated carbocycles. The summed E-state index contributed by atoms with van der Waals surface area (Å²) in [5.41, 5.74) is 0. The molecule has 184 valence electrons. The average Bonchev–Trinajstić information content (AvgIpc) is 3.36. The Kier molecular flexibility index (Phi) is 12.3. The third kappa shape index (κ3) is 11.6. The summed E-state index contributed by atoms with van der Waals surface area (Å²) >= 11 is 3.40. The van der Waals surface area contributed by atoms with Gasteiger partial charge in [0.15, 0.2) is 0 Å². The molecule has 0 aliphatic carbocycles. The molecule has 33 heavy (non-hydrogen) atoms. The van der Waals surface area contributed by atoms with Gasteiger partial charge in [0.2, 0.25) is 0 Å². The fraction of sp³-hybridized carbons (Fsp3) is 0.545. The molecule has 2 aromatic rings. The molecule has 2 N–H and O–H groups in total. The molecule has 0 radical (unpaired) electrons. The van der Waals surface area contributed by atoms with Gasteiger partial charge in [-0.2, -0.15) is 11.8 Å². The summed E-state index contributed by atoms with van der Waals surface area (Å²) in [7, 11) is 8.01. The number of hydrogen-bond donors (Lipinski definition) is 2. The normalized spacial score (nSPS) is 12.0. The lowest BCUT2D eigenvalue weighted by molar-refractivity contribution is -0.432. The first-order valence-corrected chi connectivity index (χ1v) is 13.1. The van der Waals surface area contributed by atoms with Crippen LogP contribution in [0.4, 0.5) is 0 Å². The van der Waals surface area contributed by atoms with Crippen LogP contribution in [0.5, 0.6) is 0 Å². The molecule has 11 heteroatoms. The van der Waals surface area contributed by atoms with E-state index in [9.17, 15) is 10.1 Å². The number of furan rings is 2. The molecule has 0 aliphatic rings. The summed E-state index contributed by atoms with van der Waals surface area (Å²) in [5.74, 6) is 6.82. The van der Waals surface area contributed by atoms with Crippen LogP contribution in [0.25, 0.3) is 0 Å². The second-order valence-corrected chi connectivity index (χ2v) is 10.2. The van der Waals surface area contributed by atoms with Crippen molar-refractivity contribution in [2.45, 2.75) is 24.6 Å². The summed E-state index contributed by atoms with van der Waals surface area (Å²) in [6, 6.07) is 7.97. The lowest BCUT2D eigenvalue weighted by Gasteiger charge is -2.06. The summed E-state index contributed by atoms with van der Waals surface area (Å²) in [6.45, 7) is 2.70. The van der Waals surface area contributed by atoms with Gasteiger partial charge >= 0.3 is 5.82 Å². The summed E-state index contributed by atoms with van der Waals surface area (Å²) in [6.07, 6.45) is 1.44. The third-order valence-corrected chi connectivity index (χ3v) is 6.21. The van der Waals surface area contributed by atoms with Crippen LogP contribution in [-0.2, 0) is 24.6 Å². The van der Waals surface area contributed by atoms with E-state index in [2.05, 4.69) is 20.4 Å². The standard InChI is InChI=1S/C22H35N5O4S2/c1-25(2)14-18-5-7-20(30-18)16-32-11-9-23-13-22(27(28)29)24-10-12-33-17-21-8-6-19(31-21)15-26(3)4/h5-8,13,23-24H,9-12,14-17H2,1-4H3/b22-13-. The highest BCUT2D eigenvalue weighted by atomic mass is 32.2. The van der Waals surface area contributed by atoms with Crippen LogP contribution in [0.3, 0.4) is 0 Å². The first-order valence-electron chi connectivity index (χ1n) is 10.8. The van der Waals surface area contributed by atoms with E-state index in [0.29, 0.717) is 13.1 Å². The van der Waals surface area contributed by atoms with Crippen LogP contribution in [0.15, 0.2) is 45.1 Å². The number of nitro groups is 1. The van der Waals surface area contributed by atoms with Crippen molar-refractivity contribution in [1.29, 1.82) is 0 Å². The first-order chi connectivity index (χ1) is 15.8. The maximum atomic E-state index is 11.2. The second kappa shape index (κ2) is 14.9. The predicted octanol–water partition coefficient (Wildman–Crippen LogP) is 3.42. The topological polar surface area (TPSA) is 100.0 Å². The summed E-state index contributed by atoms with van der Waals surface area (Å²) in [5, 5.41) is 17.2. The minimum atomic E-state index is -0.403. The van der Waals surface area contributed by atoms with E-state index in [0.717, 1.165) is 59.1 Å². The quantitative estimate of drug-likeness (QED) is 0.192. The van der Waals surface area contributed by atoms with Crippen LogP contribution >= 0.6 is 23.5 Å². The van der Waals surface area contributed by atoms with Crippen molar-refractivity contribution < 1.29 is 13.8 Å². The second-order valence-electron chi connectivity index (χ2n) is 7.98. The van der Waals surface area contributed by atoms with Gasteiger partial charge in [-0.15, -0.1) is 11.8 Å². The van der Waals surface area contributed by atoms with Crippen molar-refractivity contribution in [1.82, 2.24) is 20.4 Å². The average molecular weight is 498 g/mol. The minimum Gasteiger partial charge on any atom is -0.464 e. The van der Waals surface area contributed by atoms with Crippen molar-refractivity contribution in [3.05, 3.63) is 69.4 Å². The third-order valence-electron chi connectivity index (χ3n) is 4.25. The highest BCUT2D eigenvalue weighted by Gasteiger charge is 2.08. The van der Waals surface area contributed by atoms with Gasteiger partial charge in [0.05, 0.1) is 37.3 Å². The van der Waals surface area contributed by atoms with E-state index in [1.165, 1.54) is 6.20 Å². The fourth-order valence-corrected chi connectivity index (χ4v) is 4.37.